The van der Waals surface area contributed by atoms with Crippen molar-refractivity contribution in [2.75, 3.05) is 13.1 Å². The summed E-state index contributed by atoms with van der Waals surface area (Å²) in [5.41, 5.74) is 1.42. The summed E-state index contributed by atoms with van der Waals surface area (Å²) >= 11 is 0. The first kappa shape index (κ1) is 15.0. The molecule has 1 aromatic carbocycles. The predicted molar refractivity (Wildman–Crippen MR) is 82.7 cm³/mol. The van der Waals surface area contributed by atoms with E-state index in [1.165, 1.54) is 5.56 Å². The molecule has 0 aliphatic heterocycles. The van der Waals surface area contributed by atoms with Gasteiger partial charge in [0.05, 0.1) is 6.04 Å². The summed E-state index contributed by atoms with van der Waals surface area (Å²) in [5.74, 6) is 0.877. The molecule has 0 bridgehead atoms. The molecule has 1 aliphatic carbocycles. The number of carbonyl (C=O) groups is 1. The van der Waals surface area contributed by atoms with Crippen LogP contribution in [0.25, 0.3) is 0 Å². The van der Waals surface area contributed by atoms with Crippen molar-refractivity contribution in [3.63, 3.8) is 0 Å². The van der Waals surface area contributed by atoms with E-state index in [2.05, 4.69) is 35.6 Å². The van der Waals surface area contributed by atoms with Crippen molar-refractivity contribution in [3.05, 3.63) is 35.9 Å². The summed E-state index contributed by atoms with van der Waals surface area (Å²) in [6.45, 7) is 7.62. The van der Waals surface area contributed by atoms with Gasteiger partial charge >= 0.3 is 0 Å². The first-order valence-corrected chi connectivity index (χ1v) is 7.75. The molecule has 1 unspecified atom stereocenters. The molecule has 1 amide bonds. The maximum absolute atomic E-state index is 12.2. The molecule has 0 aromatic heterocycles. The molecule has 1 aliphatic rings. The molecular formula is C17H26N2O. The average Bonchev–Trinajstić information content (AvgIpc) is 2.44. The van der Waals surface area contributed by atoms with Crippen LogP contribution in [-0.2, 0) is 4.79 Å². The van der Waals surface area contributed by atoms with Crippen LogP contribution in [0, 0.1) is 0 Å². The summed E-state index contributed by atoms with van der Waals surface area (Å²) in [4.78, 5) is 14.1. The molecule has 110 valence electrons. The third kappa shape index (κ3) is 3.40. The third-order valence-corrected chi connectivity index (χ3v) is 4.34. The lowest BCUT2D eigenvalue weighted by molar-refractivity contribution is -0.133. The number of amides is 1. The number of rotatable bonds is 6. The fraction of sp³-hybridized carbons (Fsp3) is 0.588. The van der Waals surface area contributed by atoms with Crippen LogP contribution >= 0.6 is 0 Å². The third-order valence-electron chi connectivity index (χ3n) is 4.34. The Bertz CT molecular complexity index is 422. The highest BCUT2D eigenvalue weighted by Crippen LogP contribution is 2.36. The predicted octanol–water partition coefficient (Wildman–Crippen LogP) is 2.78. The number of benzene rings is 1. The highest BCUT2D eigenvalue weighted by molar-refractivity contribution is 5.81. The van der Waals surface area contributed by atoms with Crippen molar-refractivity contribution in [2.24, 2.45) is 0 Å². The summed E-state index contributed by atoms with van der Waals surface area (Å²) in [7, 11) is 0. The minimum atomic E-state index is -0.0726. The second-order valence-electron chi connectivity index (χ2n) is 5.67. The van der Waals surface area contributed by atoms with Crippen LogP contribution in [-0.4, -0.2) is 36.0 Å². The standard InChI is InChI=1S/C17H26N2O/c1-4-19(5-2)17(20)13(3)18-16-11-15(12-16)14-9-7-6-8-10-14/h6-10,13,15-16,18H,4-5,11-12H2,1-3H3. The van der Waals surface area contributed by atoms with E-state index in [9.17, 15) is 4.79 Å². The molecular weight excluding hydrogens is 248 g/mol. The summed E-state index contributed by atoms with van der Waals surface area (Å²) in [6.07, 6.45) is 2.28. The Balaban J connectivity index is 1.78. The maximum Gasteiger partial charge on any atom is 0.239 e. The molecule has 1 aromatic rings. The number of likely N-dealkylation sites (N-methyl/N-ethyl adjacent to an activating group) is 1. The van der Waals surface area contributed by atoms with Crippen molar-refractivity contribution in [2.45, 2.75) is 51.6 Å². The van der Waals surface area contributed by atoms with Crippen molar-refractivity contribution < 1.29 is 4.79 Å². The van der Waals surface area contributed by atoms with Gasteiger partial charge in [0.25, 0.3) is 0 Å². The maximum atomic E-state index is 12.2. The summed E-state index contributed by atoms with van der Waals surface area (Å²) in [5, 5.41) is 3.47. The van der Waals surface area contributed by atoms with Crippen molar-refractivity contribution in [3.8, 4) is 0 Å². The number of hydrogen-bond acceptors (Lipinski definition) is 2. The highest BCUT2D eigenvalue weighted by atomic mass is 16.2. The van der Waals surface area contributed by atoms with Gasteiger partial charge in [-0.2, -0.15) is 0 Å². The molecule has 20 heavy (non-hydrogen) atoms. The Morgan fingerprint density at radius 3 is 2.40 bits per heavy atom. The van der Waals surface area contributed by atoms with Gasteiger partial charge in [-0.05, 0) is 45.1 Å². The molecule has 0 radical (unpaired) electrons. The zero-order chi connectivity index (χ0) is 14.5. The van der Waals surface area contributed by atoms with Crippen LogP contribution in [0.5, 0.6) is 0 Å². The lowest BCUT2D eigenvalue weighted by atomic mass is 9.75. The fourth-order valence-corrected chi connectivity index (χ4v) is 2.99. The van der Waals surface area contributed by atoms with Gasteiger partial charge in [-0.15, -0.1) is 0 Å². The van der Waals surface area contributed by atoms with E-state index in [0.29, 0.717) is 12.0 Å². The monoisotopic (exact) mass is 274 g/mol. The number of nitrogens with one attached hydrogen (secondary N) is 1. The minimum absolute atomic E-state index is 0.0726. The molecule has 0 spiro atoms. The molecule has 2 rings (SSSR count). The van der Waals surface area contributed by atoms with Gasteiger partial charge in [-0.3, -0.25) is 4.79 Å². The number of hydrogen-bond donors (Lipinski definition) is 1. The quantitative estimate of drug-likeness (QED) is 0.865. The Kier molecular flexibility index (Phi) is 5.18. The van der Waals surface area contributed by atoms with Gasteiger partial charge in [0, 0.05) is 19.1 Å². The Labute approximate surface area is 122 Å². The normalized spacial score (nSPS) is 22.9. The van der Waals surface area contributed by atoms with E-state index in [-0.39, 0.29) is 11.9 Å². The second-order valence-corrected chi connectivity index (χ2v) is 5.67. The van der Waals surface area contributed by atoms with Gasteiger partial charge < -0.3 is 10.2 Å². The van der Waals surface area contributed by atoms with Crippen LogP contribution in [0.4, 0.5) is 0 Å². The zero-order valence-corrected chi connectivity index (χ0v) is 12.8. The smallest absolute Gasteiger partial charge is 0.239 e. The first-order chi connectivity index (χ1) is 9.65. The van der Waals surface area contributed by atoms with E-state index in [0.717, 1.165) is 25.9 Å². The van der Waals surface area contributed by atoms with Crippen LogP contribution in [0.2, 0.25) is 0 Å². The van der Waals surface area contributed by atoms with Gasteiger partial charge in [-0.1, -0.05) is 30.3 Å². The molecule has 3 heteroatoms. The molecule has 0 saturated heterocycles. The SMILES string of the molecule is CCN(CC)C(=O)C(C)NC1CC(c2ccccc2)C1. The number of nitrogens with zero attached hydrogens (tertiary/aromatic N) is 1. The molecule has 1 saturated carbocycles. The van der Waals surface area contributed by atoms with Gasteiger partial charge in [-0.25, -0.2) is 0 Å². The zero-order valence-electron chi connectivity index (χ0n) is 12.8. The van der Waals surface area contributed by atoms with Crippen LogP contribution in [0.3, 0.4) is 0 Å². The topological polar surface area (TPSA) is 32.3 Å². The van der Waals surface area contributed by atoms with Crippen molar-refractivity contribution >= 4 is 5.91 Å². The summed E-state index contributed by atoms with van der Waals surface area (Å²) < 4.78 is 0. The fourth-order valence-electron chi connectivity index (χ4n) is 2.99. The van der Waals surface area contributed by atoms with E-state index in [1.807, 2.05) is 25.7 Å². The largest absolute Gasteiger partial charge is 0.342 e. The minimum Gasteiger partial charge on any atom is -0.342 e. The van der Waals surface area contributed by atoms with Gasteiger partial charge in [0.1, 0.15) is 0 Å². The van der Waals surface area contributed by atoms with Crippen molar-refractivity contribution in [1.29, 1.82) is 0 Å². The molecule has 1 N–H and O–H groups in total. The molecule has 1 fully saturated rings. The first-order valence-electron chi connectivity index (χ1n) is 7.75. The molecule has 3 nitrogen and oxygen atoms in total. The Morgan fingerprint density at radius 2 is 1.85 bits per heavy atom. The Hall–Kier alpha value is -1.35. The molecule has 1 atom stereocenters. The van der Waals surface area contributed by atoms with Gasteiger partial charge in [0.2, 0.25) is 5.91 Å². The van der Waals surface area contributed by atoms with Crippen LogP contribution in [0.1, 0.15) is 45.1 Å². The summed E-state index contributed by atoms with van der Waals surface area (Å²) in [6, 6.07) is 11.1. The lowest BCUT2D eigenvalue weighted by Crippen LogP contribution is -2.51. The lowest BCUT2D eigenvalue weighted by Gasteiger charge is -2.38. The van der Waals surface area contributed by atoms with E-state index in [1.54, 1.807) is 0 Å². The van der Waals surface area contributed by atoms with E-state index in [4.69, 9.17) is 0 Å². The van der Waals surface area contributed by atoms with Crippen molar-refractivity contribution in [1.82, 2.24) is 10.2 Å². The van der Waals surface area contributed by atoms with Gasteiger partial charge in [0.15, 0.2) is 0 Å². The van der Waals surface area contributed by atoms with E-state index < -0.39 is 0 Å². The number of carbonyl (C=O) groups excluding carboxylic acids is 1. The second kappa shape index (κ2) is 6.89. The molecule has 0 heterocycles. The Morgan fingerprint density at radius 1 is 1.25 bits per heavy atom. The average molecular weight is 274 g/mol. The highest BCUT2D eigenvalue weighted by Gasteiger charge is 2.32. The van der Waals surface area contributed by atoms with Crippen LogP contribution < -0.4 is 5.32 Å². The van der Waals surface area contributed by atoms with Crippen LogP contribution in [0.15, 0.2) is 30.3 Å². The van der Waals surface area contributed by atoms with E-state index >= 15 is 0 Å².